The van der Waals surface area contributed by atoms with E-state index in [4.69, 9.17) is 4.74 Å². The molecule has 1 aromatic carbocycles. The first-order valence-corrected chi connectivity index (χ1v) is 12.2. The van der Waals surface area contributed by atoms with Gasteiger partial charge in [0.15, 0.2) is 0 Å². The van der Waals surface area contributed by atoms with Crippen LogP contribution in [0.5, 0.6) is 0 Å². The van der Waals surface area contributed by atoms with E-state index in [-0.39, 0.29) is 24.7 Å². The number of nitrogens with one attached hydrogen (secondary N) is 1. The van der Waals surface area contributed by atoms with Crippen LogP contribution in [0.2, 0.25) is 0 Å². The number of alkyl halides is 3. The molecule has 1 aliphatic rings. The second-order valence-corrected chi connectivity index (χ2v) is 11.1. The lowest BCUT2D eigenvalue weighted by Gasteiger charge is -2.46. The lowest BCUT2D eigenvalue weighted by Crippen LogP contribution is -2.52. The van der Waals surface area contributed by atoms with Crippen molar-refractivity contribution in [3.05, 3.63) is 41.4 Å². The molecular formula is C25H34BrF3N2O3. The van der Waals surface area contributed by atoms with Gasteiger partial charge >= 0.3 is 12.3 Å². The van der Waals surface area contributed by atoms with E-state index in [0.717, 1.165) is 4.47 Å². The number of ether oxygens (including phenoxy) is 1. The molecule has 1 aliphatic carbocycles. The quantitative estimate of drug-likeness (QED) is 0.271. The van der Waals surface area contributed by atoms with E-state index in [1.54, 1.807) is 49.9 Å². The summed E-state index contributed by atoms with van der Waals surface area (Å²) >= 11 is 3.40. The minimum Gasteiger partial charge on any atom is -0.444 e. The molecule has 0 radical (unpaired) electrons. The van der Waals surface area contributed by atoms with Gasteiger partial charge in [-0.2, -0.15) is 13.2 Å². The van der Waals surface area contributed by atoms with Crippen LogP contribution in [0.1, 0.15) is 53.4 Å². The zero-order valence-corrected chi connectivity index (χ0v) is 21.8. The minimum atomic E-state index is -4.32. The molecule has 0 spiro atoms. The Bertz CT molecular complexity index is 877. The molecule has 1 unspecified atom stereocenters. The summed E-state index contributed by atoms with van der Waals surface area (Å²) in [7, 11) is 0. The van der Waals surface area contributed by atoms with Gasteiger partial charge in [-0.3, -0.25) is 4.79 Å². The summed E-state index contributed by atoms with van der Waals surface area (Å²) in [5.74, 6) is -1.08. The fourth-order valence-electron chi connectivity index (χ4n) is 4.01. The van der Waals surface area contributed by atoms with Crippen LogP contribution in [0, 0.1) is 17.3 Å². The molecule has 5 nitrogen and oxygen atoms in total. The molecule has 190 valence electrons. The Balaban J connectivity index is 2.03. The fourth-order valence-corrected chi connectivity index (χ4v) is 4.40. The molecule has 0 saturated heterocycles. The summed E-state index contributed by atoms with van der Waals surface area (Å²) in [5, 5.41) is 2.70. The summed E-state index contributed by atoms with van der Waals surface area (Å²) in [5.41, 5.74) is -1.78. The largest absolute Gasteiger partial charge is 0.444 e. The van der Waals surface area contributed by atoms with Crippen LogP contribution < -0.4 is 10.2 Å². The Morgan fingerprint density at radius 3 is 2.50 bits per heavy atom. The smallest absolute Gasteiger partial charge is 0.407 e. The monoisotopic (exact) mass is 546 g/mol. The second kappa shape index (κ2) is 11.1. The first-order valence-electron chi connectivity index (χ1n) is 11.4. The van der Waals surface area contributed by atoms with Crippen LogP contribution in [0.25, 0.3) is 0 Å². The van der Waals surface area contributed by atoms with Gasteiger partial charge in [-0.15, -0.1) is 6.58 Å². The molecule has 34 heavy (non-hydrogen) atoms. The number of rotatable bonds is 9. The maximum atomic E-state index is 13.3. The van der Waals surface area contributed by atoms with Gasteiger partial charge in [-0.1, -0.05) is 35.0 Å². The average Bonchev–Trinajstić information content (AvgIpc) is 2.68. The van der Waals surface area contributed by atoms with Gasteiger partial charge in [0.2, 0.25) is 5.91 Å². The van der Waals surface area contributed by atoms with Gasteiger partial charge in [-0.05, 0) is 70.6 Å². The van der Waals surface area contributed by atoms with Crippen molar-refractivity contribution in [2.24, 2.45) is 17.3 Å². The Morgan fingerprint density at radius 1 is 1.32 bits per heavy atom. The maximum Gasteiger partial charge on any atom is 0.407 e. The van der Waals surface area contributed by atoms with Crippen LogP contribution in [0.3, 0.4) is 0 Å². The number of hydrogen-bond acceptors (Lipinski definition) is 3. The van der Waals surface area contributed by atoms with E-state index < -0.39 is 29.2 Å². The Morgan fingerprint density at radius 2 is 1.97 bits per heavy atom. The van der Waals surface area contributed by atoms with Gasteiger partial charge in [0.05, 0.1) is 5.41 Å². The van der Waals surface area contributed by atoms with Gasteiger partial charge < -0.3 is 15.0 Å². The van der Waals surface area contributed by atoms with Gasteiger partial charge in [-0.25, -0.2) is 4.79 Å². The average molecular weight is 547 g/mol. The number of carbonyl (C=O) groups excluding carboxylic acids is 2. The summed E-state index contributed by atoms with van der Waals surface area (Å²) in [6.45, 7) is 11.1. The summed E-state index contributed by atoms with van der Waals surface area (Å²) < 4.78 is 45.9. The molecule has 1 N–H and O–H groups in total. The molecule has 2 amide bonds. The van der Waals surface area contributed by atoms with E-state index in [0.29, 0.717) is 31.6 Å². The van der Waals surface area contributed by atoms with Crippen molar-refractivity contribution in [3.8, 4) is 0 Å². The van der Waals surface area contributed by atoms with E-state index in [9.17, 15) is 22.8 Å². The number of nitrogens with zero attached hydrogens (tertiary/aromatic N) is 1. The maximum absolute atomic E-state index is 13.3. The van der Waals surface area contributed by atoms with Crippen molar-refractivity contribution in [2.75, 3.05) is 18.0 Å². The molecular weight excluding hydrogens is 513 g/mol. The molecule has 1 fully saturated rings. The highest BCUT2D eigenvalue weighted by atomic mass is 79.9. The molecule has 1 atom stereocenters. The van der Waals surface area contributed by atoms with Crippen LogP contribution in [0.15, 0.2) is 41.4 Å². The highest BCUT2D eigenvalue weighted by molar-refractivity contribution is 9.10. The molecule has 0 aromatic heterocycles. The zero-order chi connectivity index (χ0) is 25.7. The Kier molecular flexibility index (Phi) is 9.24. The molecule has 9 heteroatoms. The van der Waals surface area contributed by atoms with E-state index in [1.807, 2.05) is 6.07 Å². The molecule has 0 aliphatic heterocycles. The lowest BCUT2D eigenvalue weighted by molar-refractivity contribution is -0.253. The van der Waals surface area contributed by atoms with Crippen molar-refractivity contribution >= 4 is 33.6 Å². The minimum absolute atomic E-state index is 0.0996. The van der Waals surface area contributed by atoms with Crippen molar-refractivity contribution in [1.29, 1.82) is 0 Å². The molecule has 1 saturated carbocycles. The third kappa shape index (κ3) is 7.75. The van der Waals surface area contributed by atoms with E-state index in [2.05, 4.69) is 27.8 Å². The predicted octanol–water partition coefficient (Wildman–Crippen LogP) is 6.87. The number of benzene rings is 1. The number of carbonyl (C=O) groups is 2. The standard InChI is InChI=1S/C25H34BrF3N2O3/c1-6-17(9-8-12-30-22(33)34-23(2,3)4)16-31(20-11-7-10-19(26)13-20)21(32)18-14-24(5,15-18)25(27,28)29/h6-7,10-11,13,17-18H,1,8-9,12,14-16H2,2-5H3,(H,30,33). The van der Waals surface area contributed by atoms with Crippen LogP contribution in [0.4, 0.5) is 23.7 Å². The van der Waals surface area contributed by atoms with Crippen LogP contribution >= 0.6 is 15.9 Å². The van der Waals surface area contributed by atoms with Gasteiger partial charge in [0.1, 0.15) is 5.60 Å². The Labute approximate surface area is 208 Å². The van der Waals surface area contributed by atoms with Gasteiger partial charge in [0.25, 0.3) is 0 Å². The van der Waals surface area contributed by atoms with Crippen LogP contribution in [-0.4, -0.2) is 36.9 Å². The second-order valence-electron chi connectivity index (χ2n) is 10.2. The third-order valence-electron chi connectivity index (χ3n) is 5.98. The topological polar surface area (TPSA) is 58.6 Å². The molecule has 0 bridgehead atoms. The number of halogens is 4. The summed E-state index contributed by atoms with van der Waals surface area (Å²) in [6.07, 6.45) is -2.22. The third-order valence-corrected chi connectivity index (χ3v) is 6.48. The molecule has 2 rings (SSSR count). The van der Waals surface area contributed by atoms with E-state index in [1.165, 1.54) is 6.92 Å². The van der Waals surface area contributed by atoms with E-state index >= 15 is 0 Å². The van der Waals surface area contributed by atoms with Crippen LogP contribution in [-0.2, 0) is 9.53 Å². The highest BCUT2D eigenvalue weighted by Gasteiger charge is 2.60. The lowest BCUT2D eigenvalue weighted by atomic mass is 9.62. The summed E-state index contributed by atoms with van der Waals surface area (Å²) in [6, 6.07) is 7.16. The first kappa shape index (κ1) is 28.2. The number of alkyl carbamates (subject to hydrolysis) is 1. The predicted molar refractivity (Wildman–Crippen MR) is 131 cm³/mol. The normalized spacial score (nSPS) is 21.2. The van der Waals surface area contributed by atoms with Crippen molar-refractivity contribution < 1.29 is 27.5 Å². The number of amides is 2. The zero-order valence-electron chi connectivity index (χ0n) is 20.2. The SMILES string of the molecule is C=CC(CCCNC(=O)OC(C)(C)C)CN(C(=O)C1CC(C)(C(F)(F)F)C1)c1cccc(Br)c1. The number of anilines is 1. The highest BCUT2D eigenvalue weighted by Crippen LogP contribution is 2.56. The molecule has 1 aromatic rings. The van der Waals surface area contributed by atoms with Crippen molar-refractivity contribution in [1.82, 2.24) is 5.32 Å². The molecule has 0 heterocycles. The first-order chi connectivity index (χ1) is 15.6. The fraction of sp³-hybridized carbons (Fsp3) is 0.600. The van der Waals surface area contributed by atoms with Crippen molar-refractivity contribution in [2.45, 2.75) is 65.2 Å². The number of hydrogen-bond donors (Lipinski definition) is 1. The Hall–Kier alpha value is -2.03. The van der Waals surface area contributed by atoms with Crippen molar-refractivity contribution in [3.63, 3.8) is 0 Å². The van der Waals surface area contributed by atoms with Gasteiger partial charge in [0, 0.05) is 29.2 Å². The summed E-state index contributed by atoms with van der Waals surface area (Å²) in [4.78, 5) is 26.7.